The predicted octanol–water partition coefficient (Wildman–Crippen LogP) is 0.338. The van der Waals surface area contributed by atoms with Crippen LogP contribution in [0.1, 0.15) is 31.4 Å². The molecule has 88 valence electrons. The van der Waals surface area contributed by atoms with Crippen LogP contribution in [-0.4, -0.2) is 28.0 Å². The zero-order chi connectivity index (χ0) is 11.4. The molecule has 1 amide bonds. The smallest absolute Gasteiger partial charge is 0.237 e. The zero-order valence-electron chi connectivity index (χ0n) is 9.28. The van der Waals surface area contributed by atoms with E-state index in [1.807, 2.05) is 0 Å². The summed E-state index contributed by atoms with van der Waals surface area (Å²) in [4.78, 5) is 18.6. The number of nitrogens with one attached hydrogen (secondary N) is 2. The van der Waals surface area contributed by atoms with E-state index in [9.17, 15) is 4.79 Å². The molecule has 0 radical (unpaired) electrons. The number of carbonyl (C=O) groups excluding carboxylic acids is 1. The molecule has 1 atom stereocenters. The van der Waals surface area contributed by atoms with Gasteiger partial charge in [-0.2, -0.15) is 0 Å². The second-order valence-electron chi connectivity index (χ2n) is 4.38. The van der Waals surface area contributed by atoms with Crippen LogP contribution in [0.15, 0.2) is 12.5 Å². The van der Waals surface area contributed by atoms with Crippen LogP contribution in [0, 0.1) is 0 Å². The number of H-pyrrole nitrogens is 1. The van der Waals surface area contributed by atoms with Crippen molar-refractivity contribution < 1.29 is 4.79 Å². The Kier molecular flexibility index (Phi) is 3.56. The maximum absolute atomic E-state index is 11.8. The van der Waals surface area contributed by atoms with Crippen LogP contribution in [0.2, 0.25) is 0 Å². The fraction of sp³-hybridized carbons (Fsp3) is 0.636. The van der Waals surface area contributed by atoms with Crippen LogP contribution in [-0.2, 0) is 11.2 Å². The maximum Gasteiger partial charge on any atom is 0.237 e. The molecule has 1 aliphatic carbocycles. The lowest BCUT2D eigenvalue weighted by molar-refractivity contribution is -0.123. The Morgan fingerprint density at radius 1 is 1.62 bits per heavy atom. The number of nitrogens with two attached hydrogens (primary N) is 1. The molecule has 1 heterocycles. The second kappa shape index (κ2) is 5.12. The average Bonchev–Trinajstić information content (AvgIpc) is 2.90. The lowest BCUT2D eigenvalue weighted by Crippen LogP contribution is -2.45. The molecule has 1 aliphatic rings. The number of aromatic amines is 1. The number of amides is 1. The molecule has 5 nitrogen and oxygen atoms in total. The first-order chi connectivity index (χ1) is 7.75. The molecule has 1 aromatic heterocycles. The summed E-state index contributed by atoms with van der Waals surface area (Å²) in [7, 11) is 0. The molecule has 1 aromatic rings. The van der Waals surface area contributed by atoms with Crippen LogP contribution >= 0.6 is 0 Å². The number of rotatable bonds is 4. The number of hydrogen-bond acceptors (Lipinski definition) is 3. The van der Waals surface area contributed by atoms with Crippen molar-refractivity contribution in [3.8, 4) is 0 Å². The van der Waals surface area contributed by atoms with Gasteiger partial charge in [-0.25, -0.2) is 4.98 Å². The van der Waals surface area contributed by atoms with Gasteiger partial charge in [0.05, 0.1) is 12.4 Å². The molecule has 0 bridgehead atoms. The van der Waals surface area contributed by atoms with E-state index >= 15 is 0 Å². The number of aromatic nitrogens is 2. The molecule has 1 fully saturated rings. The maximum atomic E-state index is 11.8. The number of carbonyl (C=O) groups is 1. The van der Waals surface area contributed by atoms with E-state index in [4.69, 9.17) is 5.73 Å². The van der Waals surface area contributed by atoms with Gasteiger partial charge < -0.3 is 16.0 Å². The molecule has 1 saturated carbocycles. The van der Waals surface area contributed by atoms with Gasteiger partial charge >= 0.3 is 0 Å². The van der Waals surface area contributed by atoms with Crippen molar-refractivity contribution in [1.82, 2.24) is 15.3 Å². The summed E-state index contributed by atoms with van der Waals surface area (Å²) in [6.45, 7) is 0. The predicted molar refractivity (Wildman–Crippen MR) is 60.7 cm³/mol. The van der Waals surface area contributed by atoms with E-state index in [-0.39, 0.29) is 5.91 Å². The van der Waals surface area contributed by atoms with Gasteiger partial charge in [-0.3, -0.25) is 4.79 Å². The van der Waals surface area contributed by atoms with Crippen LogP contribution in [0.5, 0.6) is 0 Å². The van der Waals surface area contributed by atoms with Crippen molar-refractivity contribution in [3.63, 3.8) is 0 Å². The Bertz CT molecular complexity index is 330. The molecule has 16 heavy (non-hydrogen) atoms. The van der Waals surface area contributed by atoms with Gasteiger partial charge in [0.1, 0.15) is 0 Å². The van der Waals surface area contributed by atoms with Crippen molar-refractivity contribution in [2.24, 2.45) is 5.73 Å². The van der Waals surface area contributed by atoms with E-state index in [0.717, 1.165) is 18.5 Å². The monoisotopic (exact) mass is 222 g/mol. The van der Waals surface area contributed by atoms with Crippen molar-refractivity contribution in [1.29, 1.82) is 0 Å². The van der Waals surface area contributed by atoms with Crippen LogP contribution in [0.25, 0.3) is 0 Å². The fourth-order valence-corrected chi connectivity index (χ4v) is 2.10. The summed E-state index contributed by atoms with van der Waals surface area (Å²) in [5.74, 6) is -0.0542. The topological polar surface area (TPSA) is 83.8 Å². The summed E-state index contributed by atoms with van der Waals surface area (Å²) < 4.78 is 0. The van der Waals surface area contributed by atoms with Gasteiger partial charge in [0.2, 0.25) is 5.91 Å². The SMILES string of the molecule is N[C@@H](Cc1cnc[nH]1)C(=O)NC1CCCC1. The van der Waals surface area contributed by atoms with Crippen molar-refractivity contribution in [3.05, 3.63) is 18.2 Å². The Hall–Kier alpha value is -1.36. The Morgan fingerprint density at radius 2 is 2.38 bits per heavy atom. The minimum atomic E-state index is -0.485. The first-order valence-electron chi connectivity index (χ1n) is 5.79. The average molecular weight is 222 g/mol. The van der Waals surface area contributed by atoms with E-state index in [1.54, 1.807) is 12.5 Å². The highest BCUT2D eigenvalue weighted by atomic mass is 16.2. The highest BCUT2D eigenvalue weighted by molar-refractivity contribution is 5.82. The van der Waals surface area contributed by atoms with Gasteiger partial charge in [0.25, 0.3) is 0 Å². The third-order valence-corrected chi connectivity index (χ3v) is 3.03. The summed E-state index contributed by atoms with van der Waals surface area (Å²) in [6.07, 6.45) is 8.39. The minimum Gasteiger partial charge on any atom is -0.352 e. The standard InChI is InChI=1S/C11H18N4O/c12-10(5-9-6-13-7-14-9)11(16)15-8-3-1-2-4-8/h6-8,10H,1-5,12H2,(H,13,14)(H,15,16)/t10-/m0/s1. The summed E-state index contributed by atoms with van der Waals surface area (Å²) in [5.41, 5.74) is 6.72. The first-order valence-corrected chi connectivity index (χ1v) is 5.79. The number of hydrogen-bond donors (Lipinski definition) is 3. The summed E-state index contributed by atoms with van der Waals surface area (Å²) in [6, 6.07) is -0.152. The Morgan fingerprint density at radius 3 is 3.00 bits per heavy atom. The van der Waals surface area contributed by atoms with Crippen molar-refractivity contribution >= 4 is 5.91 Å². The van der Waals surface area contributed by atoms with Gasteiger partial charge in [-0.15, -0.1) is 0 Å². The largest absolute Gasteiger partial charge is 0.352 e. The first kappa shape index (κ1) is 11.1. The summed E-state index contributed by atoms with van der Waals surface area (Å²) in [5, 5.41) is 2.99. The number of nitrogens with zero attached hydrogens (tertiary/aromatic N) is 1. The third kappa shape index (κ3) is 2.82. The highest BCUT2D eigenvalue weighted by Crippen LogP contribution is 2.17. The quantitative estimate of drug-likeness (QED) is 0.686. The third-order valence-electron chi connectivity index (χ3n) is 3.03. The fourth-order valence-electron chi connectivity index (χ4n) is 2.10. The molecule has 0 unspecified atom stereocenters. The lowest BCUT2D eigenvalue weighted by Gasteiger charge is -2.15. The zero-order valence-corrected chi connectivity index (χ0v) is 9.28. The normalized spacial score (nSPS) is 18.6. The van der Waals surface area contributed by atoms with Crippen molar-refractivity contribution in [2.45, 2.75) is 44.2 Å². The van der Waals surface area contributed by atoms with Gasteiger partial charge in [-0.1, -0.05) is 12.8 Å². The molecule has 5 heteroatoms. The Labute approximate surface area is 94.8 Å². The summed E-state index contributed by atoms with van der Waals surface area (Å²) >= 11 is 0. The molecular formula is C11H18N4O. The van der Waals surface area contributed by atoms with E-state index in [0.29, 0.717) is 12.5 Å². The molecule has 0 aliphatic heterocycles. The number of imidazole rings is 1. The molecule has 4 N–H and O–H groups in total. The van der Waals surface area contributed by atoms with Crippen LogP contribution < -0.4 is 11.1 Å². The molecule has 0 saturated heterocycles. The van der Waals surface area contributed by atoms with Crippen molar-refractivity contribution in [2.75, 3.05) is 0 Å². The van der Waals surface area contributed by atoms with Gasteiger partial charge in [-0.05, 0) is 12.8 Å². The lowest BCUT2D eigenvalue weighted by atomic mass is 10.1. The van der Waals surface area contributed by atoms with E-state index in [2.05, 4.69) is 15.3 Å². The van der Waals surface area contributed by atoms with Crippen LogP contribution in [0.3, 0.4) is 0 Å². The molecule has 0 spiro atoms. The Balaban J connectivity index is 1.79. The molecular weight excluding hydrogens is 204 g/mol. The van der Waals surface area contributed by atoms with Gasteiger partial charge in [0, 0.05) is 24.4 Å². The van der Waals surface area contributed by atoms with Gasteiger partial charge in [0.15, 0.2) is 0 Å². The van der Waals surface area contributed by atoms with Crippen LogP contribution in [0.4, 0.5) is 0 Å². The molecule has 2 rings (SSSR count). The highest BCUT2D eigenvalue weighted by Gasteiger charge is 2.21. The van der Waals surface area contributed by atoms with E-state index in [1.165, 1.54) is 12.8 Å². The van der Waals surface area contributed by atoms with E-state index < -0.39 is 6.04 Å². The molecule has 0 aromatic carbocycles. The second-order valence-corrected chi connectivity index (χ2v) is 4.38. The minimum absolute atomic E-state index is 0.0542.